The number of ether oxygens (including phenoxy) is 1. The zero-order valence-corrected chi connectivity index (χ0v) is 11.8. The highest BCUT2D eigenvalue weighted by Gasteiger charge is 2.21. The minimum Gasteiger partial charge on any atom is -0.438 e. The van der Waals surface area contributed by atoms with Gasteiger partial charge >= 0.3 is 0 Å². The number of alkyl halides is 2. The molecule has 0 radical (unpaired) electrons. The molecule has 1 aromatic carbocycles. The lowest BCUT2D eigenvalue weighted by atomic mass is 10.1. The van der Waals surface area contributed by atoms with E-state index in [9.17, 15) is 13.2 Å². The summed E-state index contributed by atoms with van der Waals surface area (Å²) in [6, 6.07) is 6.59. The van der Waals surface area contributed by atoms with Crippen LogP contribution in [0.5, 0.6) is 11.6 Å². The van der Waals surface area contributed by atoms with E-state index in [1.807, 2.05) is 0 Å². The van der Waals surface area contributed by atoms with Crippen LogP contribution in [0.1, 0.15) is 17.8 Å². The van der Waals surface area contributed by atoms with Crippen LogP contribution in [0.25, 0.3) is 11.3 Å². The highest BCUT2D eigenvalue weighted by atomic mass is 19.3. The second kappa shape index (κ2) is 6.07. The first-order chi connectivity index (χ1) is 11.0. The summed E-state index contributed by atoms with van der Waals surface area (Å²) in [5.41, 5.74) is -0.0251. The Labute approximate surface area is 128 Å². The molecule has 0 saturated carbocycles. The molecular formula is C15H10F3N3O2. The molecule has 0 atom stereocenters. The monoisotopic (exact) mass is 321 g/mol. The van der Waals surface area contributed by atoms with Crippen molar-refractivity contribution in [1.29, 1.82) is 0 Å². The van der Waals surface area contributed by atoms with Gasteiger partial charge in [-0.25, -0.2) is 23.1 Å². The summed E-state index contributed by atoms with van der Waals surface area (Å²) in [5, 5.41) is 3.22. The van der Waals surface area contributed by atoms with E-state index in [2.05, 4.69) is 15.1 Å². The van der Waals surface area contributed by atoms with Crippen molar-refractivity contribution >= 4 is 0 Å². The first-order valence-electron chi connectivity index (χ1n) is 6.54. The quantitative estimate of drug-likeness (QED) is 0.716. The van der Waals surface area contributed by atoms with Crippen LogP contribution in [-0.4, -0.2) is 15.1 Å². The van der Waals surface area contributed by atoms with Gasteiger partial charge in [0, 0.05) is 17.8 Å². The maximum absolute atomic E-state index is 14.1. The molecular weight excluding hydrogens is 311 g/mol. The lowest BCUT2D eigenvalue weighted by Gasteiger charge is -2.09. The van der Waals surface area contributed by atoms with Gasteiger partial charge in [0.15, 0.2) is 5.76 Å². The third-order valence-electron chi connectivity index (χ3n) is 2.97. The molecule has 0 fully saturated rings. The van der Waals surface area contributed by atoms with Gasteiger partial charge in [-0.3, -0.25) is 0 Å². The molecule has 0 amide bonds. The molecule has 0 aliphatic carbocycles. The fourth-order valence-corrected chi connectivity index (χ4v) is 1.94. The minimum absolute atomic E-state index is 0.0695. The number of hydrogen-bond donors (Lipinski definition) is 0. The minimum atomic E-state index is -2.81. The first-order valence-corrected chi connectivity index (χ1v) is 6.54. The maximum atomic E-state index is 14.1. The van der Waals surface area contributed by atoms with Crippen LogP contribution in [0, 0.1) is 12.7 Å². The van der Waals surface area contributed by atoms with Gasteiger partial charge in [-0.1, -0.05) is 11.2 Å². The molecule has 118 valence electrons. The summed E-state index contributed by atoms with van der Waals surface area (Å²) in [6.07, 6.45) is -1.51. The normalized spacial score (nSPS) is 11.0. The maximum Gasteiger partial charge on any atom is 0.283 e. The summed E-state index contributed by atoms with van der Waals surface area (Å²) in [7, 11) is 0. The van der Waals surface area contributed by atoms with Crippen LogP contribution in [0.4, 0.5) is 13.2 Å². The van der Waals surface area contributed by atoms with Gasteiger partial charge in [0.05, 0.1) is 5.56 Å². The Morgan fingerprint density at radius 1 is 1.17 bits per heavy atom. The number of aryl methyl sites for hydroxylation is 1. The molecule has 0 saturated heterocycles. The van der Waals surface area contributed by atoms with Crippen LogP contribution in [0.2, 0.25) is 0 Å². The lowest BCUT2D eigenvalue weighted by molar-refractivity contribution is 0.140. The highest BCUT2D eigenvalue weighted by molar-refractivity contribution is 5.67. The molecule has 5 nitrogen and oxygen atoms in total. The average Bonchev–Trinajstić information content (AvgIpc) is 2.97. The molecule has 0 bridgehead atoms. The fraction of sp³-hybridized carbons (Fsp3) is 0.133. The Kier molecular flexibility index (Phi) is 3.96. The van der Waals surface area contributed by atoms with Crippen molar-refractivity contribution in [3.8, 4) is 23.0 Å². The number of halogens is 3. The fourth-order valence-electron chi connectivity index (χ4n) is 1.94. The van der Waals surface area contributed by atoms with Crippen molar-refractivity contribution in [2.75, 3.05) is 0 Å². The average molecular weight is 321 g/mol. The molecule has 3 rings (SSSR count). The zero-order chi connectivity index (χ0) is 16.4. The summed E-state index contributed by atoms with van der Waals surface area (Å²) in [4.78, 5) is 7.84. The van der Waals surface area contributed by atoms with Gasteiger partial charge in [-0.15, -0.1) is 0 Å². The summed E-state index contributed by atoms with van der Waals surface area (Å²) in [5.74, 6) is -0.581. The number of hydrogen-bond acceptors (Lipinski definition) is 5. The highest BCUT2D eigenvalue weighted by Crippen LogP contribution is 2.36. The topological polar surface area (TPSA) is 61.0 Å². The third kappa shape index (κ3) is 3.15. The van der Waals surface area contributed by atoms with Crippen molar-refractivity contribution in [2.45, 2.75) is 13.3 Å². The largest absolute Gasteiger partial charge is 0.438 e. The SMILES string of the molecule is Cc1cc(Oc2cccc(F)c2-c2cc(C(F)F)no2)ncn1. The van der Waals surface area contributed by atoms with Crippen LogP contribution in [-0.2, 0) is 0 Å². The smallest absolute Gasteiger partial charge is 0.283 e. The number of nitrogens with zero attached hydrogens (tertiary/aromatic N) is 3. The Morgan fingerprint density at radius 3 is 2.70 bits per heavy atom. The van der Waals surface area contributed by atoms with Gasteiger partial charge in [0.2, 0.25) is 5.88 Å². The molecule has 0 unspecified atom stereocenters. The van der Waals surface area contributed by atoms with Crippen LogP contribution >= 0.6 is 0 Å². The molecule has 23 heavy (non-hydrogen) atoms. The zero-order valence-electron chi connectivity index (χ0n) is 11.8. The number of aromatic nitrogens is 3. The molecule has 0 aliphatic heterocycles. The van der Waals surface area contributed by atoms with E-state index in [1.54, 1.807) is 13.0 Å². The van der Waals surface area contributed by atoms with E-state index < -0.39 is 17.9 Å². The van der Waals surface area contributed by atoms with Crippen molar-refractivity contribution in [3.63, 3.8) is 0 Å². The van der Waals surface area contributed by atoms with Gasteiger partial charge in [0.25, 0.3) is 6.43 Å². The number of rotatable bonds is 4. The van der Waals surface area contributed by atoms with E-state index in [1.165, 1.54) is 18.5 Å². The van der Waals surface area contributed by atoms with E-state index in [-0.39, 0.29) is 23.0 Å². The molecule has 2 aromatic heterocycles. The standard InChI is InChI=1S/C15H10F3N3O2/c1-8-5-13(20-7-19-8)22-11-4-2-3-9(16)14(11)12-6-10(15(17)18)21-23-12/h2-7,15H,1H3. The van der Waals surface area contributed by atoms with E-state index in [4.69, 9.17) is 9.26 Å². The van der Waals surface area contributed by atoms with E-state index >= 15 is 0 Å². The predicted octanol–water partition coefficient (Wildman–Crippen LogP) is 4.31. The van der Waals surface area contributed by atoms with Crippen LogP contribution in [0.15, 0.2) is 41.2 Å². The van der Waals surface area contributed by atoms with Gasteiger partial charge in [0.1, 0.15) is 23.6 Å². The molecule has 0 N–H and O–H groups in total. The van der Waals surface area contributed by atoms with Crippen molar-refractivity contribution in [3.05, 3.63) is 53.9 Å². The van der Waals surface area contributed by atoms with Crippen molar-refractivity contribution in [2.24, 2.45) is 0 Å². The van der Waals surface area contributed by atoms with Gasteiger partial charge < -0.3 is 9.26 Å². The van der Waals surface area contributed by atoms with Crippen molar-refractivity contribution < 1.29 is 22.4 Å². The van der Waals surface area contributed by atoms with E-state index in [0.717, 1.165) is 12.1 Å². The van der Waals surface area contributed by atoms with Crippen LogP contribution in [0.3, 0.4) is 0 Å². The molecule has 0 spiro atoms. The van der Waals surface area contributed by atoms with Gasteiger partial charge in [-0.05, 0) is 19.1 Å². The Hall–Kier alpha value is -2.90. The third-order valence-corrected chi connectivity index (χ3v) is 2.97. The molecule has 3 aromatic rings. The molecule has 0 aliphatic rings. The van der Waals surface area contributed by atoms with Gasteiger partial charge in [-0.2, -0.15) is 0 Å². The lowest BCUT2D eigenvalue weighted by Crippen LogP contribution is -1.94. The summed E-state index contributed by atoms with van der Waals surface area (Å²) >= 11 is 0. The van der Waals surface area contributed by atoms with Crippen LogP contribution < -0.4 is 4.74 Å². The predicted molar refractivity (Wildman–Crippen MR) is 73.7 cm³/mol. The number of benzene rings is 1. The van der Waals surface area contributed by atoms with Crippen molar-refractivity contribution in [1.82, 2.24) is 15.1 Å². The molecule has 8 heteroatoms. The Balaban J connectivity index is 2.02. The summed E-state index contributed by atoms with van der Waals surface area (Å²) < 4.78 is 49.7. The second-order valence-electron chi connectivity index (χ2n) is 4.63. The summed E-state index contributed by atoms with van der Waals surface area (Å²) in [6.45, 7) is 1.74. The Morgan fingerprint density at radius 2 is 2.00 bits per heavy atom. The molecule has 2 heterocycles. The second-order valence-corrected chi connectivity index (χ2v) is 4.63. The van der Waals surface area contributed by atoms with E-state index in [0.29, 0.717) is 5.69 Å². The first kappa shape index (κ1) is 15.0. The Bertz CT molecular complexity index is 836.